The topological polar surface area (TPSA) is 9.23 Å². The van der Waals surface area contributed by atoms with Crippen molar-refractivity contribution in [3.8, 4) is 28.0 Å². The number of ether oxygens (including phenoxy) is 1. The Hall–Kier alpha value is -3.58. The summed E-state index contributed by atoms with van der Waals surface area (Å²) >= 11 is 0. The van der Waals surface area contributed by atoms with Crippen molar-refractivity contribution >= 4 is 21.5 Å². The predicted molar refractivity (Wildman–Crippen MR) is 119 cm³/mol. The Morgan fingerprint density at radius 3 is 1.64 bits per heavy atom. The van der Waals surface area contributed by atoms with E-state index in [2.05, 4.69) is 103 Å². The number of benzene rings is 5. The molecule has 134 valence electrons. The highest BCUT2D eigenvalue weighted by molar-refractivity contribution is 6.23. The van der Waals surface area contributed by atoms with E-state index in [-0.39, 0.29) is 0 Å². The third-order valence-electron chi connectivity index (χ3n) is 5.36. The largest absolute Gasteiger partial charge is 0.496 e. The zero-order chi connectivity index (χ0) is 18.9. The molecule has 1 nitrogen and oxygen atoms in total. The highest BCUT2D eigenvalue weighted by Gasteiger charge is 2.19. The van der Waals surface area contributed by atoms with Crippen LogP contribution in [0, 0.1) is 0 Å². The van der Waals surface area contributed by atoms with E-state index in [1.54, 1.807) is 7.11 Å². The van der Waals surface area contributed by atoms with E-state index >= 15 is 0 Å². The summed E-state index contributed by atoms with van der Waals surface area (Å²) in [5.74, 6) is 0.902. The minimum absolute atomic E-state index is 0.902. The van der Waals surface area contributed by atoms with Gasteiger partial charge in [0.15, 0.2) is 0 Å². The SMILES string of the molecule is COc1cccc2c1c(-c1ccccc1)c(-c1ccccc1)c1ccccc12. The summed E-state index contributed by atoms with van der Waals surface area (Å²) in [6.07, 6.45) is 0. The molecule has 0 fully saturated rings. The number of hydrogen-bond donors (Lipinski definition) is 0. The van der Waals surface area contributed by atoms with Gasteiger partial charge in [0.05, 0.1) is 7.11 Å². The third-order valence-corrected chi connectivity index (χ3v) is 5.36. The first-order valence-electron chi connectivity index (χ1n) is 9.51. The minimum atomic E-state index is 0.902. The Kier molecular flexibility index (Phi) is 4.06. The maximum Gasteiger partial charge on any atom is 0.127 e. The van der Waals surface area contributed by atoms with Crippen molar-refractivity contribution in [2.45, 2.75) is 0 Å². The molecule has 0 atom stereocenters. The summed E-state index contributed by atoms with van der Waals surface area (Å²) in [6, 6.07) is 36.3. The Bertz CT molecular complexity index is 1270. The molecule has 0 unspecified atom stereocenters. The molecule has 0 radical (unpaired) electrons. The third kappa shape index (κ3) is 2.56. The first kappa shape index (κ1) is 16.6. The summed E-state index contributed by atoms with van der Waals surface area (Å²) in [4.78, 5) is 0. The number of rotatable bonds is 3. The van der Waals surface area contributed by atoms with Crippen LogP contribution in [0.1, 0.15) is 0 Å². The Morgan fingerprint density at radius 2 is 1.00 bits per heavy atom. The van der Waals surface area contributed by atoms with Crippen molar-refractivity contribution in [2.75, 3.05) is 7.11 Å². The van der Waals surface area contributed by atoms with Crippen LogP contribution in [0.3, 0.4) is 0 Å². The number of methoxy groups -OCH3 is 1. The molecule has 0 aromatic heterocycles. The van der Waals surface area contributed by atoms with Crippen molar-refractivity contribution in [2.24, 2.45) is 0 Å². The van der Waals surface area contributed by atoms with Crippen molar-refractivity contribution < 1.29 is 4.74 Å². The summed E-state index contributed by atoms with van der Waals surface area (Å²) in [5.41, 5.74) is 4.88. The van der Waals surface area contributed by atoms with E-state index in [1.807, 2.05) is 0 Å². The summed E-state index contributed by atoms with van der Waals surface area (Å²) < 4.78 is 5.83. The van der Waals surface area contributed by atoms with Gasteiger partial charge in [-0.15, -0.1) is 0 Å². The van der Waals surface area contributed by atoms with Gasteiger partial charge in [0.25, 0.3) is 0 Å². The molecular formula is C27H20O. The summed E-state index contributed by atoms with van der Waals surface area (Å²) in [5, 5.41) is 4.88. The van der Waals surface area contributed by atoms with E-state index in [4.69, 9.17) is 4.74 Å². The predicted octanol–water partition coefficient (Wildman–Crippen LogP) is 7.34. The lowest BCUT2D eigenvalue weighted by atomic mass is 9.85. The quantitative estimate of drug-likeness (QED) is 0.306. The van der Waals surface area contributed by atoms with Crippen molar-refractivity contribution in [3.05, 3.63) is 103 Å². The second-order valence-corrected chi connectivity index (χ2v) is 6.91. The van der Waals surface area contributed by atoms with Crippen LogP contribution in [-0.4, -0.2) is 7.11 Å². The second kappa shape index (κ2) is 6.86. The highest BCUT2D eigenvalue weighted by Crippen LogP contribution is 2.47. The summed E-state index contributed by atoms with van der Waals surface area (Å²) in [6.45, 7) is 0. The van der Waals surface area contributed by atoms with Crippen molar-refractivity contribution in [1.82, 2.24) is 0 Å². The summed E-state index contributed by atoms with van der Waals surface area (Å²) in [7, 11) is 1.75. The molecule has 0 bridgehead atoms. The molecule has 28 heavy (non-hydrogen) atoms. The monoisotopic (exact) mass is 360 g/mol. The van der Waals surface area contributed by atoms with Gasteiger partial charge in [-0.05, 0) is 38.9 Å². The molecule has 5 rings (SSSR count). The first-order valence-corrected chi connectivity index (χ1v) is 9.51. The van der Waals surface area contributed by atoms with E-state index in [0.717, 1.165) is 11.1 Å². The van der Waals surface area contributed by atoms with Crippen LogP contribution >= 0.6 is 0 Å². The van der Waals surface area contributed by atoms with Gasteiger partial charge in [0.2, 0.25) is 0 Å². The maximum atomic E-state index is 5.83. The number of hydrogen-bond acceptors (Lipinski definition) is 1. The molecule has 0 amide bonds. The Labute approximate surface area is 164 Å². The minimum Gasteiger partial charge on any atom is -0.496 e. The standard InChI is InChI=1S/C27H20O/c1-28-24-18-10-17-23-21-15-8-9-16-22(21)25(19-11-4-2-5-12-19)26(27(23)24)20-13-6-3-7-14-20/h2-18H,1H3. The van der Waals surface area contributed by atoms with Crippen LogP contribution in [-0.2, 0) is 0 Å². The van der Waals surface area contributed by atoms with Crippen molar-refractivity contribution in [3.63, 3.8) is 0 Å². The molecule has 0 spiro atoms. The first-order chi connectivity index (χ1) is 13.9. The smallest absolute Gasteiger partial charge is 0.127 e. The lowest BCUT2D eigenvalue weighted by Gasteiger charge is -2.20. The van der Waals surface area contributed by atoms with Crippen LogP contribution in [0.25, 0.3) is 43.8 Å². The molecular weight excluding hydrogens is 340 g/mol. The van der Waals surface area contributed by atoms with Gasteiger partial charge in [-0.25, -0.2) is 0 Å². The lowest BCUT2D eigenvalue weighted by molar-refractivity contribution is 0.420. The van der Waals surface area contributed by atoms with Gasteiger partial charge in [-0.3, -0.25) is 0 Å². The van der Waals surface area contributed by atoms with Gasteiger partial charge in [0.1, 0.15) is 5.75 Å². The van der Waals surface area contributed by atoms with Crippen LogP contribution in [0.2, 0.25) is 0 Å². The maximum absolute atomic E-state index is 5.83. The zero-order valence-electron chi connectivity index (χ0n) is 15.7. The molecule has 0 saturated heterocycles. The average molecular weight is 360 g/mol. The van der Waals surface area contributed by atoms with E-state index in [9.17, 15) is 0 Å². The zero-order valence-corrected chi connectivity index (χ0v) is 15.7. The molecule has 0 aliphatic heterocycles. The van der Waals surface area contributed by atoms with Crippen LogP contribution in [0.5, 0.6) is 5.75 Å². The molecule has 0 aliphatic rings. The molecule has 0 N–H and O–H groups in total. The fourth-order valence-corrected chi connectivity index (χ4v) is 4.18. The fraction of sp³-hybridized carbons (Fsp3) is 0.0370. The van der Waals surface area contributed by atoms with Gasteiger partial charge >= 0.3 is 0 Å². The van der Waals surface area contributed by atoms with Gasteiger partial charge in [0, 0.05) is 10.9 Å². The van der Waals surface area contributed by atoms with Gasteiger partial charge < -0.3 is 4.74 Å². The molecule has 5 aromatic carbocycles. The van der Waals surface area contributed by atoms with E-state index in [1.165, 1.54) is 38.4 Å². The molecule has 0 heterocycles. The van der Waals surface area contributed by atoms with Crippen LogP contribution in [0.4, 0.5) is 0 Å². The van der Waals surface area contributed by atoms with Crippen LogP contribution < -0.4 is 4.74 Å². The molecule has 0 aliphatic carbocycles. The fourth-order valence-electron chi connectivity index (χ4n) is 4.18. The molecule has 5 aromatic rings. The Balaban J connectivity index is 2.09. The molecule has 1 heteroatoms. The van der Waals surface area contributed by atoms with Gasteiger partial charge in [-0.2, -0.15) is 0 Å². The van der Waals surface area contributed by atoms with Crippen molar-refractivity contribution in [1.29, 1.82) is 0 Å². The van der Waals surface area contributed by atoms with E-state index in [0.29, 0.717) is 0 Å². The van der Waals surface area contributed by atoms with E-state index < -0.39 is 0 Å². The number of fused-ring (bicyclic) bond motifs is 3. The normalized spacial score (nSPS) is 11.0. The lowest BCUT2D eigenvalue weighted by Crippen LogP contribution is -1.94. The second-order valence-electron chi connectivity index (χ2n) is 6.91. The van der Waals surface area contributed by atoms with Crippen LogP contribution in [0.15, 0.2) is 103 Å². The van der Waals surface area contributed by atoms with Gasteiger partial charge in [-0.1, -0.05) is 97.1 Å². The highest BCUT2D eigenvalue weighted by atomic mass is 16.5. The molecule has 0 saturated carbocycles. The average Bonchev–Trinajstić information content (AvgIpc) is 2.79. The Morgan fingerprint density at radius 1 is 0.464 bits per heavy atom.